The van der Waals surface area contributed by atoms with E-state index in [0.717, 1.165) is 19.3 Å². The highest BCUT2D eigenvalue weighted by molar-refractivity contribution is 5.86. The van der Waals surface area contributed by atoms with Crippen molar-refractivity contribution in [2.75, 3.05) is 13.1 Å². The Morgan fingerprint density at radius 3 is 2.31 bits per heavy atom. The quantitative estimate of drug-likeness (QED) is 0.638. The molecule has 0 aliphatic heterocycles. The van der Waals surface area contributed by atoms with E-state index < -0.39 is 0 Å². The van der Waals surface area contributed by atoms with Gasteiger partial charge in [0.1, 0.15) is 0 Å². The lowest BCUT2D eigenvalue weighted by Gasteiger charge is -2.42. The van der Waals surface area contributed by atoms with Crippen molar-refractivity contribution in [2.45, 2.75) is 38.1 Å². The maximum Gasteiger partial charge on any atom is 0.239 e. The minimum absolute atomic E-state index is 0. The second-order valence-electron chi connectivity index (χ2n) is 4.02. The molecule has 0 aromatic rings. The van der Waals surface area contributed by atoms with Crippen LogP contribution in [0.4, 0.5) is 0 Å². The topological polar surface area (TPSA) is 84.2 Å². The molecule has 0 heterocycles. The molecular formula is C10H20ClN3O2. The van der Waals surface area contributed by atoms with Gasteiger partial charge >= 0.3 is 0 Å². The van der Waals surface area contributed by atoms with E-state index in [4.69, 9.17) is 5.73 Å². The molecule has 0 aromatic carbocycles. The summed E-state index contributed by atoms with van der Waals surface area (Å²) in [5.41, 5.74) is 5.10. The van der Waals surface area contributed by atoms with Gasteiger partial charge in [0.15, 0.2) is 0 Å². The fourth-order valence-corrected chi connectivity index (χ4v) is 1.76. The van der Waals surface area contributed by atoms with Crippen LogP contribution in [-0.2, 0) is 9.59 Å². The third kappa shape index (κ3) is 3.98. The molecule has 1 aliphatic rings. The van der Waals surface area contributed by atoms with Crippen molar-refractivity contribution in [3.63, 3.8) is 0 Å². The molecule has 0 unspecified atom stereocenters. The molecule has 0 spiro atoms. The first-order chi connectivity index (χ1) is 7.12. The number of nitrogens with two attached hydrogens (primary N) is 1. The number of hydrogen-bond donors (Lipinski definition) is 3. The highest BCUT2D eigenvalue weighted by Gasteiger charge is 2.36. The Labute approximate surface area is 102 Å². The zero-order valence-electron chi connectivity index (χ0n) is 9.54. The van der Waals surface area contributed by atoms with Crippen LogP contribution >= 0.6 is 12.4 Å². The molecule has 1 aliphatic carbocycles. The van der Waals surface area contributed by atoms with Gasteiger partial charge in [-0.1, -0.05) is 6.92 Å². The van der Waals surface area contributed by atoms with Gasteiger partial charge in [-0.2, -0.15) is 0 Å². The van der Waals surface area contributed by atoms with Crippen molar-refractivity contribution in [1.29, 1.82) is 0 Å². The Morgan fingerprint density at radius 2 is 1.94 bits per heavy atom. The first-order valence-electron chi connectivity index (χ1n) is 5.39. The van der Waals surface area contributed by atoms with Gasteiger partial charge in [0.05, 0.1) is 13.1 Å². The van der Waals surface area contributed by atoms with E-state index in [1.54, 1.807) is 0 Å². The van der Waals surface area contributed by atoms with E-state index in [2.05, 4.69) is 17.6 Å². The number of nitrogens with one attached hydrogen (secondary N) is 2. The number of carbonyl (C=O) groups is 2. The van der Waals surface area contributed by atoms with Crippen molar-refractivity contribution in [1.82, 2.24) is 10.6 Å². The largest absolute Gasteiger partial charge is 0.349 e. The first kappa shape index (κ1) is 15.2. The summed E-state index contributed by atoms with van der Waals surface area (Å²) in [6, 6.07) is 0. The average molecular weight is 250 g/mol. The van der Waals surface area contributed by atoms with Crippen molar-refractivity contribution in [2.24, 2.45) is 5.73 Å². The lowest BCUT2D eigenvalue weighted by molar-refractivity contribution is -0.127. The Bertz CT molecular complexity index is 249. The molecule has 5 nitrogen and oxygen atoms in total. The van der Waals surface area contributed by atoms with Crippen LogP contribution in [0.5, 0.6) is 0 Å². The van der Waals surface area contributed by atoms with Gasteiger partial charge in [-0.25, -0.2) is 0 Å². The molecule has 0 atom stereocenters. The fourth-order valence-electron chi connectivity index (χ4n) is 1.76. The molecule has 0 saturated heterocycles. The maximum absolute atomic E-state index is 11.5. The third-order valence-electron chi connectivity index (χ3n) is 3.02. The zero-order chi connectivity index (χ0) is 11.3. The molecule has 1 rings (SSSR count). The second kappa shape index (κ2) is 6.70. The van der Waals surface area contributed by atoms with Crippen LogP contribution in [0.25, 0.3) is 0 Å². The minimum atomic E-state index is -0.302. The van der Waals surface area contributed by atoms with E-state index in [1.165, 1.54) is 6.42 Å². The van der Waals surface area contributed by atoms with Gasteiger partial charge in [-0.3, -0.25) is 9.59 Å². The summed E-state index contributed by atoms with van der Waals surface area (Å²) < 4.78 is 0. The lowest BCUT2D eigenvalue weighted by atomic mass is 9.75. The fraction of sp³-hybridized carbons (Fsp3) is 0.800. The Kier molecular flexibility index (Phi) is 6.36. The Balaban J connectivity index is 0.00000225. The standard InChI is InChI=1S/C10H19N3O2.ClH/c1-2-10(4-3-5-10)13-9(15)7-12-8(14)6-11;/h2-7,11H2,1H3,(H,12,14)(H,13,15);1H. The molecule has 16 heavy (non-hydrogen) atoms. The Hall–Kier alpha value is -0.810. The predicted molar refractivity (Wildman–Crippen MR) is 64.3 cm³/mol. The molecule has 2 amide bonds. The second-order valence-corrected chi connectivity index (χ2v) is 4.02. The normalized spacial score (nSPS) is 16.6. The van der Waals surface area contributed by atoms with Gasteiger partial charge in [0.25, 0.3) is 0 Å². The van der Waals surface area contributed by atoms with Crippen LogP contribution in [0.2, 0.25) is 0 Å². The molecule has 6 heteroatoms. The van der Waals surface area contributed by atoms with Crippen LogP contribution < -0.4 is 16.4 Å². The summed E-state index contributed by atoms with van der Waals surface area (Å²) in [6.07, 6.45) is 4.20. The van der Waals surface area contributed by atoms with Crippen molar-refractivity contribution >= 4 is 24.2 Å². The summed E-state index contributed by atoms with van der Waals surface area (Å²) in [5.74, 6) is -0.428. The zero-order valence-corrected chi connectivity index (χ0v) is 10.4. The van der Waals surface area contributed by atoms with Crippen LogP contribution in [-0.4, -0.2) is 30.4 Å². The highest BCUT2D eigenvalue weighted by atomic mass is 35.5. The van der Waals surface area contributed by atoms with Crippen molar-refractivity contribution < 1.29 is 9.59 Å². The highest BCUT2D eigenvalue weighted by Crippen LogP contribution is 2.34. The molecule has 0 aromatic heterocycles. The Morgan fingerprint density at radius 1 is 1.31 bits per heavy atom. The molecule has 94 valence electrons. The van der Waals surface area contributed by atoms with E-state index in [9.17, 15) is 9.59 Å². The van der Waals surface area contributed by atoms with Crippen LogP contribution in [0.3, 0.4) is 0 Å². The molecule has 0 radical (unpaired) electrons. The summed E-state index contributed by atoms with van der Waals surface area (Å²) >= 11 is 0. The van der Waals surface area contributed by atoms with Gasteiger partial charge in [0.2, 0.25) is 11.8 Å². The summed E-state index contributed by atoms with van der Waals surface area (Å²) in [5, 5.41) is 5.42. The van der Waals surface area contributed by atoms with E-state index in [1.807, 2.05) is 0 Å². The summed E-state index contributed by atoms with van der Waals surface area (Å²) in [4.78, 5) is 22.3. The van der Waals surface area contributed by atoms with E-state index in [0.29, 0.717) is 0 Å². The summed E-state index contributed by atoms with van der Waals surface area (Å²) in [7, 11) is 0. The molecule has 0 bridgehead atoms. The number of carbonyl (C=O) groups excluding carboxylic acids is 2. The predicted octanol–water partition coefficient (Wildman–Crippen LogP) is -0.0680. The number of halogens is 1. The molecule has 1 saturated carbocycles. The van der Waals surface area contributed by atoms with Crippen molar-refractivity contribution in [3.05, 3.63) is 0 Å². The van der Waals surface area contributed by atoms with E-state index >= 15 is 0 Å². The van der Waals surface area contributed by atoms with Gasteiger partial charge < -0.3 is 16.4 Å². The molecule has 4 N–H and O–H groups in total. The van der Waals surface area contributed by atoms with Gasteiger partial charge in [0, 0.05) is 5.54 Å². The SMILES string of the molecule is CCC1(NC(=O)CNC(=O)CN)CCC1.Cl. The van der Waals surface area contributed by atoms with Crippen molar-refractivity contribution in [3.8, 4) is 0 Å². The number of rotatable bonds is 5. The van der Waals surface area contributed by atoms with Crippen LogP contribution in [0, 0.1) is 0 Å². The average Bonchev–Trinajstić information content (AvgIpc) is 2.20. The first-order valence-corrected chi connectivity index (χ1v) is 5.39. The number of amides is 2. The van der Waals surface area contributed by atoms with Gasteiger partial charge in [-0.15, -0.1) is 12.4 Å². The number of hydrogen-bond acceptors (Lipinski definition) is 3. The molecule has 1 fully saturated rings. The summed E-state index contributed by atoms with van der Waals surface area (Å²) in [6.45, 7) is 2.02. The smallest absolute Gasteiger partial charge is 0.239 e. The third-order valence-corrected chi connectivity index (χ3v) is 3.02. The maximum atomic E-state index is 11.5. The minimum Gasteiger partial charge on any atom is -0.349 e. The van der Waals surface area contributed by atoms with Gasteiger partial charge in [-0.05, 0) is 25.7 Å². The van der Waals surface area contributed by atoms with Crippen LogP contribution in [0.1, 0.15) is 32.6 Å². The lowest BCUT2D eigenvalue weighted by Crippen LogP contribution is -2.55. The van der Waals surface area contributed by atoms with Crippen LogP contribution in [0.15, 0.2) is 0 Å². The van der Waals surface area contributed by atoms with E-state index in [-0.39, 0.29) is 42.8 Å². The monoisotopic (exact) mass is 249 g/mol. The molecular weight excluding hydrogens is 230 g/mol.